The van der Waals surface area contributed by atoms with E-state index in [0.717, 1.165) is 51.4 Å². The zero-order chi connectivity index (χ0) is 27.9. The highest BCUT2D eigenvalue weighted by Gasteiger charge is 2.21. The topological polar surface area (TPSA) is 63.6 Å². The maximum absolute atomic E-state index is 12.1. The number of hydrogen-bond donors (Lipinski definition) is 1. The highest BCUT2D eigenvalue weighted by Crippen LogP contribution is 2.15. The maximum Gasteiger partial charge on any atom is 0.345 e. The summed E-state index contributed by atoms with van der Waals surface area (Å²) in [4.78, 5) is 23.6. The lowest BCUT2D eigenvalue weighted by Crippen LogP contribution is -2.27. The van der Waals surface area contributed by atoms with Gasteiger partial charge in [-0.05, 0) is 51.4 Å². The maximum atomic E-state index is 12.1. The molecule has 0 aliphatic carbocycles. The summed E-state index contributed by atoms with van der Waals surface area (Å²) >= 11 is 0. The van der Waals surface area contributed by atoms with Gasteiger partial charge in [-0.2, -0.15) is 0 Å². The Morgan fingerprint density at radius 1 is 0.579 bits per heavy atom. The van der Waals surface area contributed by atoms with Crippen LogP contribution >= 0.6 is 0 Å². The van der Waals surface area contributed by atoms with Crippen LogP contribution < -0.4 is 0 Å². The van der Waals surface area contributed by atoms with Gasteiger partial charge in [-0.25, -0.2) is 4.79 Å². The SMILES string of the molecule is CCCCC/C=C\C/C=C\CCCCCCCC(=O)OC(CCCCCCCCCCCCCC)C(=O)O. The Morgan fingerprint density at radius 3 is 1.53 bits per heavy atom. The third-order valence-corrected chi connectivity index (χ3v) is 7.20. The van der Waals surface area contributed by atoms with E-state index in [1.54, 1.807) is 0 Å². The summed E-state index contributed by atoms with van der Waals surface area (Å²) in [7, 11) is 0. The number of unbranched alkanes of at least 4 members (excludes halogenated alkanes) is 19. The van der Waals surface area contributed by atoms with Crippen LogP contribution in [-0.4, -0.2) is 23.1 Å². The van der Waals surface area contributed by atoms with E-state index in [1.807, 2.05) is 0 Å². The molecule has 0 aromatic carbocycles. The van der Waals surface area contributed by atoms with Crippen molar-refractivity contribution in [1.29, 1.82) is 0 Å². The first kappa shape index (κ1) is 36.4. The largest absolute Gasteiger partial charge is 0.479 e. The molecular formula is C34H62O4. The Morgan fingerprint density at radius 2 is 1.00 bits per heavy atom. The molecule has 1 atom stereocenters. The average Bonchev–Trinajstić information content (AvgIpc) is 2.90. The van der Waals surface area contributed by atoms with E-state index in [4.69, 9.17) is 4.74 Å². The first-order valence-corrected chi connectivity index (χ1v) is 16.3. The predicted octanol–water partition coefficient (Wildman–Crippen LogP) is 10.9. The van der Waals surface area contributed by atoms with Crippen molar-refractivity contribution in [1.82, 2.24) is 0 Å². The molecule has 0 rings (SSSR count). The van der Waals surface area contributed by atoms with Gasteiger partial charge < -0.3 is 9.84 Å². The summed E-state index contributed by atoms with van der Waals surface area (Å²) in [6, 6.07) is 0. The fraction of sp³-hybridized carbons (Fsp3) is 0.824. The molecule has 0 saturated carbocycles. The van der Waals surface area contributed by atoms with Crippen molar-refractivity contribution >= 4 is 11.9 Å². The Balaban J connectivity index is 3.62. The first-order valence-electron chi connectivity index (χ1n) is 16.3. The number of carbonyl (C=O) groups excluding carboxylic acids is 1. The van der Waals surface area contributed by atoms with Crippen molar-refractivity contribution in [2.45, 2.75) is 180 Å². The Bertz CT molecular complexity index is 581. The van der Waals surface area contributed by atoms with Gasteiger partial charge in [0.2, 0.25) is 0 Å². The molecule has 0 spiro atoms. The van der Waals surface area contributed by atoms with Gasteiger partial charge in [0.1, 0.15) is 0 Å². The predicted molar refractivity (Wildman–Crippen MR) is 163 cm³/mol. The van der Waals surface area contributed by atoms with Crippen LogP contribution in [0.2, 0.25) is 0 Å². The minimum Gasteiger partial charge on any atom is -0.479 e. The minimum atomic E-state index is -1.01. The van der Waals surface area contributed by atoms with E-state index < -0.39 is 12.1 Å². The summed E-state index contributed by atoms with van der Waals surface area (Å²) < 4.78 is 5.28. The van der Waals surface area contributed by atoms with Crippen molar-refractivity contribution in [2.24, 2.45) is 0 Å². The number of hydrogen-bond acceptors (Lipinski definition) is 3. The van der Waals surface area contributed by atoms with Crippen molar-refractivity contribution < 1.29 is 19.4 Å². The van der Waals surface area contributed by atoms with E-state index in [2.05, 4.69) is 38.2 Å². The third-order valence-electron chi connectivity index (χ3n) is 7.20. The molecule has 4 nitrogen and oxygen atoms in total. The Kier molecular flexibility index (Phi) is 28.7. The second kappa shape index (κ2) is 30.0. The lowest BCUT2D eigenvalue weighted by atomic mass is 10.0. The summed E-state index contributed by atoms with van der Waals surface area (Å²) in [5.74, 6) is -1.37. The number of esters is 1. The minimum absolute atomic E-state index is 0.326. The summed E-state index contributed by atoms with van der Waals surface area (Å²) in [6.07, 6.45) is 36.3. The molecule has 0 radical (unpaired) electrons. The zero-order valence-electron chi connectivity index (χ0n) is 25.2. The van der Waals surface area contributed by atoms with Crippen LogP contribution in [0.3, 0.4) is 0 Å². The molecule has 0 amide bonds. The molecule has 0 aromatic heterocycles. The van der Waals surface area contributed by atoms with E-state index in [9.17, 15) is 14.7 Å². The van der Waals surface area contributed by atoms with Crippen LogP contribution in [0.25, 0.3) is 0 Å². The number of aliphatic carboxylic acids is 1. The van der Waals surface area contributed by atoms with Crippen LogP contribution in [0.15, 0.2) is 24.3 Å². The van der Waals surface area contributed by atoms with Crippen molar-refractivity contribution in [3.8, 4) is 0 Å². The fourth-order valence-electron chi connectivity index (χ4n) is 4.70. The fourth-order valence-corrected chi connectivity index (χ4v) is 4.70. The average molecular weight is 535 g/mol. The number of carboxylic acid groups (broad SMARTS) is 1. The highest BCUT2D eigenvalue weighted by atomic mass is 16.6. The van der Waals surface area contributed by atoms with Gasteiger partial charge >= 0.3 is 11.9 Å². The molecule has 0 aromatic rings. The van der Waals surface area contributed by atoms with Crippen LogP contribution in [0.1, 0.15) is 174 Å². The number of rotatable bonds is 29. The van der Waals surface area contributed by atoms with Crippen LogP contribution in [-0.2, 0) is 14.3 Å². The Labute approximate surface area is 236 Å². The van der Waals surface area contributed by atoms with Crippen LogP contribution in [0.5, 0.6) is 0 Å². The number of ether oxygens (including phenoxy) is 1. The number of allylic oxidation sites excluding steroid dienone is 4. The molecule has 222 valence electrons. The first-order chi connectivity index (χ1) is 18.6. The Hall–Kier alpha value is -1.58. The van der Waals surface area contributed by atoms with E-state index in [1.165, 1.54) is 96.3 Å². The second-order valence-corrected chi connectivity index (χ2v) is 11.0. The third kappa shape index (κ3) is 27.5. The number of carbonyl (C=O) groups is 2. The van der Waals surface area contributed by atoms with E-state index >= 15 is 0 Å². The van der Waals surface area contributed by atoms with Gasteiger partial charge in [0, 0.05) is 6.42 Å². The van der Waals surface area contributed by atoms with Crippen molar-refractivity contribution in [3.63, 3.8) is 0 Å². The second-order valence-electron chi connectivity index (χ2n) is 11.0. The standard InChI is InChI=1S/C34H62O4/c1-3-5-7-9-11-13-15-17-18-19-21-23-25-27-29-31-33(35)38-32(34(36)37)30-28-26-24-22-20-16-14-12-10-8-6-4-2/h11,13,17-18,32H,3-10,12,14-16,19-31H2,1-2H3,(H,36,37)/b13-11-,18-17-. The molecule has 1 N–H and O–H groups in total. The van der Waals surface area contributed by atoms with Crippen molar-refractivity contribution in [3.05, 3.63) is 24.3 Å². The zero-order valence-corrected chi connectivity index (χ0v) is 25.2. The molecule has 4 heteroatoms. The van der Waals surface area contributed by atoms with Gasteiger partial charge in [-0.15, -0.1) is 0 Å². The molecule has 0 aliphatic rings. The van der Waals surface area contributed by atoms with Gasteiger partial charge in [0.05, 0.1) is 0 Å². The summed E-state index contributed by atoms with van der Waals surface area (Å²) in [6.45, 7) is 4.49. The molecule has 0 heterocycles. The lowest BCUT2D eigenvalue weighted by molar-refractivity contribution is -0.164. The van der Waals surface area contributed by atoms with Crippen molar-refractivity contribution in [2.75, 3.05) is 0 Å². The summed E-state index contributed by atoms with van der Waals surface area (Å²) in [5.41, 5.74) is 0. The molecule has 0 aliphatic heterocycles. The monoisotopic (exact) mass is 534 g/mol. The van der Waals surface area contributed by atoms with Gasteiger partial charge in [-0.1, -0.05) is 141 Å². The van der Waals surface area contributed by atoms with Crippen LogP contribution in [0.4, 0.5) is 0 Å². The smallest absolute Gasteiger partial charge is 0.345 e. The molecule has 38 heavy (non-hydrogen) atoms. The molecule has 1 unspecified atom stereocenters. The van der Waals surface area contributed by atoms with E-state index in [0.29, 0.717) is 12.8 Å². The molecule has 0 fully saturated rings. The highest BCUT2D eigenvalue weighted by molar-refractivity contribution is 5.77. The summed E-state index contributed by atoms with van der Waals surface area (Å²) in [5, 5.41) is 9.42. The van der Waals surface area contributed by atoms with Gasteiger partial charge in [0.25, 0.3) is 0 Å². The van der Waals surface area contributed by atoms with Crippen LogP contribution in [0, 0.1) is 0 Å². The quantitative estimate of drug-likeness (QED) is 0.0589. The molecular weight excluding hydrogens is 472 g/mol. The number of carboxylic acids is 1. The van der Waals surface area contributed by atoms with Gasteiger partial charge in [-0.3, -0.25) is 4.79 Å². The van der Waals surface area contributed by atoms with E-state index in [-0.39, 0.29) is 5.97 Å². The van der Waals surface area contributed by atoms with Gasteiger partial charge in [0.15, 0.2) is 6.10 Å². The normalized spacial score (nSPS) is 12.5. The lowest BCUT2D eigenvalue weighted by Gasteiger charge is -2.13. The molecule has 0 bridgehead atoms. The molecule has 0 saturated heterocycles.